The molecular formula is C30H30ClN5OS. The Morgan fingerprint density at radius 1 is 1.00 bits per heavy atom. The Kier molecular flexibility index (Phi) is 7.32. The van der Waals surface area contributed by atoms with Crippen molar-refractivity contribution in [1.29, 1.82) is 0 Å². The Labute approximate surface area is 232 Å². The van der Waals surface area contributed by atoms with E-state index in [1.165, 1.54) is 16.7 Å². The first-order valence-corrected chi connectivity index (χ1v) is 13.8. The first kappa shape index (κ1) is 26.1. The van der Waals surface area contributed by atoms with E-state index in [0.717, 1.165) is 33.8 Å². The second kappa shape index (κ2) is 10.7. The van der Waals surface area contributed by atoms with E-state index in [9.17, 15) is 4.79 Å². The van der Waals surface area contributed by atoms with Gasteiger partial charge in [-0.15, -0.1) is 5.10 Å². The van der Waals surface area contributed by atoms with Crippen molar-refractivity contribution < 1.29 is 4.79 Å². The van der Waals surface area contributed by atoms with Crippen LogP contribution in [0.2, 0.25) is 5.02 Å². The molecule has 6 nitrogen and oxygen atoms in total. The summed E-state index contributed by atoms with van der Waals surface area (Å²) >= 11 is 7.97. The van der Waals surface area contributed by atoms with E-state index >= 15 is 0 Å². The molecule has 0 radical (unpaired) electrons. The molecular weight excluding hydrogens is 514 g/mol. The predicted octanol–water partition coefficient (Wildman–Crippen LogP) is 7.39. The third kappa shape index (κ3) is 5.35. The Morgan fingerprint density at radius 3 is 2.53 bits per heavy atom. The number of nitrogens with zero attached hydrogens (tertiary/aromatic N) is 3. The van der Waals surface area contributed by atoms with Crippen molar-refractivity contribution in [3.63, 3.8) is 0 Å². The van der Waals surface area contributed by atoms with E-state index in [1.54, 1.807) is 16.4 Å². The van der Waals surface area contributed by atoms with E-state index in [2.05, 4.69) is 48.7 Å². The van der Waals surface area contributed by atoms with Crippen molar-refractivity contribution in [2.24, 2.45) is 0 Å². The molecule has 0 spiro atoms. The normalized spacial score (nSPS) is 14.7. The molecule has 1 amide bonds. The minimum Gasteiger partial charge on any atom is -0.328 e. The number of fused-ring (bicyclic) bond motifs is 1. The maximum absolute atomic E-state index is 13.8. The van der Waals surface area contributed by atoms with Gasteiger partial charge in [-0.05, 0) is 75.1 Å². The van der Waals surface area contributed by atoms with Crippen LogP contribution in [0, 0.1) is 27.7 Å². The van der Waals surface area contributed by atoms with Crippen molar-refractivity contribution in [2.75, 3.05) is 10.6 Å². The van der Waals surface area contributed by atoms with E-state index in [0.29, 0.717) is 21.7 Å². The van der Waals surface area contributed by atoms with Gasteiger partial charge in [0.25, 0.3) is 5.91 Å². The smallest absolute Gasteiger partial charge is 0.255 e. The highest BCUT2D eigenvalue weighted by molar-refractivity contribution is 7.98. The summed E-state index contributed by atoms with van der Waals surface area (Å²) in [5.74, 6) is 1.15. The average molecular weight is 544 g/mol. The molecule has 8 heteroatoms. The lowest BCUT2D eigenvalue weighted by Gasteiger charge is -2.29. The zero-order valence-corrected chi connectivity index (χ0v) is 23.7. The molecule has 0 fully saturated rings. The summed E-state index contributed by atoms with van der Waals surface area (Å²) in [6.45, 7) is 10.1. The standard InChI is InChI=1S/C30H30ClN5OS/c1-17-10-12-25(20(4)13-17)33-28(37)26-21(5)32-29-34-30(38-16-23-14-18(2)9-11-19(23)3)35-36(29)27(26)22-7-6-8-24(31)15-22/h6-15,27H,16H2,1-5H3,(H,33,37)(H,32,34,35). The molecule has 0 saturated carbocycles. The van der Waals surface area contributed by atoms with Gasteiger partial charge in [-0.2, -0.15) is 4.98 Å². The van der Waals surface area contributed by atoms with Gasteiger partial charge in [0.15, 0.2) is 0 Å². The van der Waals surface area contributed by atoms with Gasteiger partial charge in [0.1, 0.15) is 6.04 Å². The molecule has 2 N–H and O–H groups in total. The highest BCUT2D eigenvalue weighted by atomic mass is 35.5. The number of amides is 1. The second-order valence-electron chi connectivity index (χ2n) is 9.77. The van der Waals surface area contributed by atoms with Crippen molar-refractivity contribution in [2.45, 2.75) is 51.6 Å². The minimum atomic E-state index is -0.488. The van der Waals surface area contributed by atoms with Gasteiger partial charge in [0.05, 0.1) is 5.57 Å². The largest absolute Gasteiger partial charge is 0.328 e. The third-order valence-corrected chi connectivity index (χ3v) is 7.86. The lowest BCUT2D eigenvalue weighted by molar-refractivity contribution is -0.113. The van der Waals surface area contributed by atoms with Crippen LogP contribution < -0.4 is 10.6 Å². The first-order valence-electron chi connectivity index (χ1n) is 12.5. The maximum Gasteiger partial charge on any atom is 0.255 e. The lowest BCUT2D eigenvalue weighted by Crippen LogP contribution is -2.31. The number of aryl methyl sites for hydroxylation is 4. The molecule has 3 aromatic carbocycles. The molecule has 5 rings (SSSR count). The van der Waals surface area contributed by atoms with Crippen molar-refractivity contribution in [3.05, 3.63) is 110 Å². The number of anilines is 2. The number of carbonyl (C=O) groups is 1. The third-order valence-electron chi connectivity index (χ3n) is 6.73. The molecule has 1 aliphatic rings. The Morgan fingerprint density at radius 2 is 1.76 bits per heavy atom. The molecule has 0 saturated heterocycles. The highest BCUT2D eigenvalue weighted by Crippen LogP contribution is 2.38. The molecule has 0 bridgehead atoms. The fourth-order valence-corrected chi connectivity index (χ4v) is 5.80. The number of nitrogens with one attached hydrogen (secondary N) is 2. The molecule has 1 atom stereocenters. The monoisotopic (exact) mass is 543 g/mol. The Balaban J connectivity index is 1.50. The van der Waals surface area contributed by atoms with Gasteiger partial charge in [-0.3, -0.25) is 4.79 Å². The number of benzene rings is 3. The number of halogens is 1. The van der Waals surface area contributed by atoms with Crippen LogP contribution in [0.5, 0.6) is 0 Å². The second-order valence-corrected chi connectivity index (χ2v) is 11.2. The summed E-state index contributed by atoms with van der Waals surface area (Å²) < 4.78 is 1.79. The zero-order valence-electron chi connectivity index (χ0n) is 22.1. The van der Waals surface area contributed by atoms with Crippen molar-refractivity contribution in [3.8, 4) is 0 Å². The molecule has 194 valence electrons. The van der Waals surface area contributed by atoms with E-state index in [4.69, 9.17) is 21.7 Å². The van der Waals surface area contributed by atoms with Gasteiger partial charge in [-0.25, -0.2) is 4.68 Å². The van der Waals surface area contributed by atoms with Gasteiger partial charge >= 0.3 is 0 Å². The molecule has 1 aromatic heterocycles. The molecule has 1 aliphatic heterocycles. The Bertz CT molecular complexity index is 1570. The number of aromatic nitrogens is 3. The van der Waals surface area contributed by atoms with Crippen LogP contribution in [-0.4, -0.2) is 20.7 Å². The lowest BCUT2D eigenvalue weighted by atomic mass is 9.95. The van der Waals surface area contributed by atoms with Crippen molar-refractivity contribution in [1.82, 2.24) is 14.8 Å². The van der Waals surface area contributed by atoms with Crippen LogP contribution in [0.15, 0.2) is 77.1 Å². The molecule has 4 aromatic rings. The van der Waals surface area contributed by atoms with Gasteiger partial charge < -0.3 is 10.6 Å². The first-order chi connectivity index (χ1) is 18.2. The van der Waals surface area contributed by atoms with Gasteiger partial charge in [-0.1, -0.05) is 77.0 Å². The fourth-order valence-electron chi connectivity index (χ4n) is 4.71. The van der Waals surface area contributed by atoms with Crippen LogP contribution >= 0.6 is 23.4 Å². The summed E-state index contributed by atoms with van der Waals surface area (Å²) in [4.78, 5) is 18.5. The highest BCUT2D eigenvalue weighted by Gasteiger charge is 2.34. The number of hydrogen-bond donors (Lipinski definition) is 2. The topological polar surface area (TPSA) is 71.8 Å². The number of rotatable bonds is 6. The minimum absolute atomic E-state index is 0.197. The van der Waals surface area contributed by atoms with Crippen LogP contribution in [0.3, 0.4) is 0 Å². The summed E-state index contributed by atoms with van der Waals surface area (Å²) in [5.41, 5.74) is 8.80. The van der Waals surface area contributed by atoms with E-state index in [1.807, 2.05) is 57.2 Å². The number of carbonyl (C=O) groups excluding carboxylic acids is 1. The number of hydrogen-bond acceptors (Lipinski definition) is 5. The maximum atomic E-state index is 13.8. The van der Waals surface area contributed by atoms with E-state index < -0.39 is 6.04 Å². The molecule has 2 heterocycles. The fraction of sp³-hybridized carbons (Fsp3) is 0.233. The summed E-state index contributed by atoms with van der Waals surface area (Å²) in [6, 6.07) is 19.5. The summed E-state index contributed by atoms with van der Waals surface area (Å²) in [5, 5.41) is 12.5. The molecule has 38 heavy (non-hydrogen) atoms. The van der Waals surface area contributed by atoms with Gasteiger partial charge in [0.2, 0.25) is 11.1 Å². The summed E-state index contributed by atoms with van der Waals surface area (Å²) in [7, 11) is 0. The van der Waals surface area contributed by atoms with Crippen LogP contribution in [-0.2, 0) is 10.5 Å². The SMILES string of the molecule is CC1=C(C(=O)Nc2ccc(C)cc2C)C(c2cccc(Cl)c2)n2nc(SCc3cc(C)ccc3C)nc2N1. The zero-order chi connectivity index (χ0) is 27.0. The van der Waals surface area contributed by atoms with Crippen molar-refractivity contribution >= 4 is 40.9 Å². The van der Waals surface area contributed by atoms with Crippen LogP contribution in [0.1, 0.15) is 46.3 Å². The van der Waals surface area contributed by atoms with E-state index in [-0.39, 0.29) is 5.91 Å². The number of thioether (sulfide) groups is 1. The summed E-state index contributed by atoms with van der Waals surface area (Å²) in [6.07, 6.45) is 0. The quantitative estimate of drug-likeness (QED) is 0.248. The molecule has 1 unspecified atom stereocenters. The predicted molar refractivity (Wildman–Crippen MR) is 156 cm³/mol. The van der Waals surface area contributed by atoms with Gasteiger partial charge in [0, 0.05) is 22.2 Å². The van der Waals surface area contributed by atoms with Crippen LogP contribution in [0.25, 0.3) is 0 Å². The molecule has 0 aliphatic carbocycles. The number of allylic oxidation sites excluding steroid dienone is 1. The average Bonchev–Trinajstić information content (AvgIpc) is 3.27. The van der Waals surface area contributed by atoms with Crippen LogP contribution in [0.4, 0.5) is 11.6 Å². The Hall–Kier alpha value is -3.55.